The van der Waals surface area contributed by atoms with Crippen molar-refractivity contribution in [3.63, 3.8) is 0 Å². The summed E-state index contributed by atoms with van der Waals surface area (Å²) in [5, 5.41) is 2.98. The molecule has 1 fully saturated rings. The van der Waals surface area contributed by atoms with Crippen molar-refractivity contribution in [2.24, 2.45) is 0 Å². The monoisotopic (exact) mass is 227 g/mol. The Labute approximate surface area is 93.6 Å². The fourth-order valence-corrected chi connectivity index (χ4v) is 1.83. The normalized spacial score (nSPS) is 20.8. The molecule has 0 amide bonds. The number of hydrogen-bond donors (Lipinski definition) is 1. The summed E-state index contributed by atoms with van der Waals surface area (Å²) in [6.45, 7) is 2.85. The minimum atomic E-state index is -0.413. The van der Waals surface area contributed by atoms with E-state index in [1.807, 2.05) is 0 Å². The van der Waals surface area contributed by atoms with Crippen molar-refractivity contribution in [3.05, 3.63) is 29.3 Å². The van der Waals surface area contributed by atoms with Crippen LogP contribution in [0.15, 0.2) is 12.1 Å². The van der Waals surface area contributed by atoms with Gasteiger partial charge in [-0.2, -0.15) is 0 Å². The molecule has 1 saturated heterocycles. The maximum Gasteiger partial charge on any atom is 0.146 e. The number of anilines is 1. The Hall–Kier alpha value is -1.16. The lowest BCUT2D eigenvalue weighted by Crippen LogP contribution is -2.30. The molecule has 1 aromatic carbocycles. The Kier molecular flexibility index (Phi) is 3.39. The summed E-state index contributed by atoms with van der Waals surface area (Å²) in [5.74, 6) is -0.801. The zero-order valence-electron chi connectivity index (χ0n) is 9.22. The average Bonchev–Trinajstić information content (AvgIpc) is 2.27. The third-order valence-electron chi connectivity index (χ3n) is 2.77. The first kappa shape index (κ1) is 11.3. The van der Waals surface area contributed by atoms with Gasteiger partial charge in [-0.05, 0) is 31.4 Å². The van der Waals surface area contributed by atoms with Crippen LogP contribution in [0.25, 0.3) is 0 Å². The zero-order valence-corrected chi connectivity index (χ0v) is 9.22. The molecule has 4 heteroatoms. The fourth-order valence-electron chi connectivity index (χ4n) is 1.83. The van der Waals surface area contributed by atoms with E-state index in [0.29, 0.717) is 12.2 Å². The van der Waals surface area contributed by atoms with Crippen molar-refractivity contribution < 1.29 is 13.5 Å². The molecule has 0 spiro atoms. The second-order valence-electron chi connectivity index (χ2n) is 4.14. The fraction of sp³-hybridized carbons (Fsp3) is 0.500. The third-order valence-corrected chi connectivity index (χ3v) is 2.77. The lowest BCUT2D eigenvalue weighted by molar-refractivity contribution is 0.0875. The SMILES string of the molecule is Cc1cc(F)c(NC2CCCOC2)cc1F. The first-order valence-electron chi connectivity index (χ1n) is 5.47. The molecule has 1 heterocycles. The number of ether oxygens (including phenoxy) is 1. The quantitative estimate of drug-likeness (QED) is 0.838. The standard InChI is InChI=1S/C12H15F2NO/c1-8-5-11(14)12(6-10(8)13)15-9-3-2-4-16-7-9/h5-6,9,15H,2-4,7H2,1H3. The van der Waals surface area contributed by atoms with Crippen LogP contribution in [0.1, 0.15) is 18.4 Å². The van der Waals surface area contributed by atoms with Crippen molar-refractivity contribution in [1.82, 2.24) is 0 Å². The molecule has 1 unspecified atom stereocenters. The summed E-state index contributed by atoms with van der Waals surface area (Å²) in [7, 11) is 0. The maximum absolute atomic E-state index is 13.5. The second kappa shape index (κ2) is 4.78. The van der Waals surface area contributed by atoms with E-state index < -0.39 is 5.82 Å². The smallest absolute Gasteiger partial charge is 0.146 e. The molecule has 2 nitrogen and oxygen atoms in total. The second-order valence-corrected chi connectivity index (χ2v) is 4.14. The molecular formula is C12H15F2NO. The van der Waals surface area contributed by atoms with Crippen molar-refractivity contribution in [2.75, 3.05) is 18.5 Å². The Morgan fingerprint density at radius 3 is 2.81 bits per heavy atom. The van der Waals surface area contributed by atoms with Gasteiger partial charge in [-0.1, -0.05) is 0 Å². The van der Waals surface area contributed by atoms with Crippen molar-refractivity contribution in [1.29, 1.82) is 0 Å². The summed E-state index contributed by atoms with van der Waals surface area (Å²) in [5.41, 5.74) is 0.543. The first-order valence-corrected chi connectivity index (χ1v) is 5.47. The Morgan fingerprint density at radius 2 is 2.12 bits per heavy atom. The molecule has 1 N–H and O–H groups in total. The van der Waals surface area contributed by atoms with Gasteiger partial charge in [0.2, 0.25) is 0 Å². The molecule has 1 aliphatic rings. The van der Waals surface area contributed by atoms with Crippen LogP contribution in [-0.2, 0) is 4.74 Å². The van der Waals surface area contributed by atoms with Crippen LogP contribution < -0.4 is 5.32 Å². The molecule has 88 valence electrons. The van der Waals surface area contributed by atoms with Gasteiger partial charge < -0.3 is 10.1 Å². The van der Waals surface area contributed by atoms with E-state index in [0.717, 1.165) is 19.4 Å². The minimum Gasteiger partial charge on any atom is -0.379 e. The summed E-state index contributed by atoms with van der Waals surface area (Å²) < 4.78 is 32.1. The van der Waals surface area contributed by atoms with Crippen LogP contribution in [-0.4, -0.2) is 19.3 Å². The van der Waals surface area contributed by atoms with Crippen LogP contribution in [0.4, 0.5) is 14.5 Å². The molecule has 0 radical (unpaired) electrons. The molecular weight excluding hydrogens is 212 g/mol. The van der Waals surface area contributed by atoms with E-state index >= 15 is 0 Å². The lowest BCUT2D eigenvalue weighted by atomic mass is 10.1. The Balaban J connectivity index is 2.11. The number of nitrogens with one attached hydrogen (secondary N) is 1. The number of benzene rings is 1. The molecule has 0 aliphatic carbocycles. The minimum absolute atomic E-state index is 0.0744. The third kappa shape index (κ3) is 2.50. The summed E-state index contributed by atoms with van der Waals surface area (Å²) >= 11 is 0. The lowest BCUT2D eigenvalue weighted by Gasteiger charge is -2.24. The van der Waals surface area contributed by atoms with Gasteiger partial charge >= 0.3 is 0 Å². The van der Waals surface area contributed by atoms with E-state index in [2.05, 4.69) is 5.32 Å². The molecule has 1 aromatic rings. The number of rotatable bonds is 2. The summed E-state index contributed by atoms with van der Waals surface area (Å²) in [4.78, 5) is 0. The van der Waals surface area contributed by atoms with E-state index in [4.69, 9.17) is 4.74 Å². The zero-order chi connectivity index (χ0) is 11.5. The topological polar surface area (TPSA) is 21.3 Å². The molecule has 1 aliphatic heterocycles. The van der Waals surface area contributed by atoms with Crippen molar-refractivity contribution >= 4 is 5.69 Å². The highest BCUT2D eigenvalue weighted by Gasteiger charge is 2.16. The van der Waals surface area contributed by atoms with Gasteiger partial charge in [-0.25, -0.2) is 8.78 Å². The molecule has 0 saturated carbocycles. The highest BCUT2D eigenvalue weighted by Crippen LogP contribution is 2.21. The van der Waals surface area contributed by atoms with Crippen LogP contribution in [0.2, 0.25) is 0 Å². The van der Waals surface area contributed by atoms with Crippen molar-refractivity contribution in [3.8, 4) is 0 Å². The molecule has 0 bridgehead atoms. The van der Waals surface area contributed by atoms with Crippen molar-refractivity contribution in [2.45, 2.75) is 25.8 Å². The largest absolute Gasteiger partial charge is 0.379 e. The van der Waals surface area contributed by atoms with Gasteiger partial charge in [0.25, 0.3) is 0 Å². The number of aryl methyl sites for hydroxylation is 1. The van der Waals surface area contributed by atoms with Gasteiger partial charge in [0.1, 0.15) is 11.6 Å². The molecule has 0 aromatic heterocycles. The number of hydrogen-bond acceptors (Lipinski definition) is 2. The number of halogens is 2. The van der Waals surface area contributed by atoms with Gasteiger partial charge in [-0.15, -0.1) is 0 Å². The van der Waals surface area contributed by atoms with Gasteiger partial charge in [0.05, 0.1) is 12.3 Å². The van der Waals surface area contributed by atoms with E-state index in [1.54, 1.807) is 6.92 Å². The summed E-state index contributed by atoms with van der Waals surface area (Å²) in [6, 6.07) is 2.49. The summed E-state index contributed by atoms with van der Waals surface area (Å²) in [6.07, 6.45) is 1.88. The first-order chi connectivity index (χ1) is 7.66. The van der Waals surface area contributed by atoms with Crippen LogP contribution in [0, 0.1) is 18.6 Å². The van der Waals surface area contributed by atoms with Gasteiger partial charge in [0.15, 0.2) is 0 Å². The Morgan fingerprint density at radius 1 is 1.31 bits per heavy atom. The van der Waals surface area contributed by atoms with E-state index in [9.17, 15) is 8.78 Å². The highest BCUT2D eigenvalue weighted by molar-refractivity contribution is 5.47. The highest BCUT2D eigenvalue weighted by atomic mass is 19.1. The maximum atomic E-state index is 13.5. The van der Waals surface area contributed by atoms with E-state index in [1.165, 1.54) is 12.1 Å². The van der Waals surface area contributed by atoms with Gasteiger partial charge in [-0.3, -0.25) is 0 Å². The van der Waals surface area contributed by atoms with Gasteiger partial charge in [0, 0.05) is 18.7 Å². The Bertz CT molecular complexity index is 376. The average molecular weight is 227 g/mol. The molecule has 16 heavy (non-hydrogen) atoms. The van der Waals surface area contributed by atoms with Crippen LogP contribution in [0.3, 0.4) is 0 Å². The van der Waals surface area contributed by atoms with Crippen LogP contribution >= 0.6 is 0 Å². The van der Waals surface area contributed by atoms with Crippen LogP contribution in [0.5, 0.6) is 0 Å². The predicted octanol–water partition coefficient (Wildman–Crippen LogP) is 2.86. The van der Waals surface area contributed by atoms with E-state index in [-0.39, 0.29) is 17.5 Å². The molecule has 2 rings (SSSR count). The molecule has 1 atom stereocenters. The predicted molar refractivity (Wildman–Crippen MR) is 58.6 cm³/mol.